The zero-order valence-electron chi connectivity index (χ0n) is 16.6. The first-order valence-electron chi connectivity index (χ1n) is 9.69. The first kappa shape index (κ1) is 20.9. The molecule has 1 atom stereocenters. The van der Waals surface area contributed by atoms with Gasteiger partial charge in [0.1, 0.15) is 11.6 Å². The molecular weight excluding hydrogens is 415 g/mol. The van der Waals surface area contributed by atoms with Crippen LogP contribution in [-0.4, -0.2) is 26.6 Å². The summed E-state index contributed by atoms with van der Waals surface area (Å²) in [5, 5.41) is 21.9. The van der Waals surface area contributed by atoms with E-state index in [1.165, 1.54) is 53.4 Å². The fourth-order valence-electron chi connectivity index (χ4n) is 3.71. The van der Waals surface area contributed by atoms with Crippen LogP contribution in [0.2, 0.25) is 0 Å². The molecule has 0 saturated carbocycles. The van der Waals surface area contributed by atoms with Crippen molar-refractivity contribution in [3.63, 3.8) is 0 Å². The van der Waals surface area contributed by atoms with Crippen molar-refractivity contribution in [2.75, 3.05) is 0 Å². The van der Waals surface area contributed by atoms with Crippen LogP contribution in [0.4, 0.5) is 10.1 Å². The molecule has 160 valence electrons. The Balaban J connectivity index is 1.84. The van der Waals surface area contributed by atoms with Gasteiger partial charge in [-0.2, -0.15) is 0 Å². The second-order valence-corrected chi connectivity index (χ2v) is 7.27. The van der Waals surface area contributed by atoms with E-state index < -0.39 is 34.2 Å². The van der Waals surface area contributed by atoms with Crippen LogP contribution < -0.4 is 0 Å². The van der Waals surface area contributed by atoms with Gasteiger partial charge in [-0.25, -0.2) is 4.39 Å². The molecule has 0 radical (unpaired) electrons. The second-order valence-electron chi connectivity index (χ2n) is 7.27. The van der Waals surface area contributed by atoms with Crippen molar-refractivity contribution in [2.45, 2.75) is 12.6 Å². The molecule has 0 spiro atoms. The van der Waals surface area contributed by atoms with Gasteiger partial charge in [-0.1, -0.05) is 42.5 Å². The highest BCUT2D eigenvalue weighted by Gasteiger charge is 2.46. The number of aliphatic hydroxyl groups is 1. The number of Topliss-reactive ketones (excluding diaryl/α,β-unsaturated/α-hetero) is 1. The van der Waals surface area contributed by atoms with Gasteiger partial charge < -0.3 is 10.0 Å². The molecule has 1 amide bonds. The van der Waals surface area contributed by atoms with E-state index in [-0.39, 0.29) is 23.4 Å². The van der Waals surface area contributed by atoms with Crippen LogP contribution >= 0.6 is 0 Å². The smallest absolute Gasteiger partial charge is 0.295 e. The number of hydrogen-bond acceptors (Lipinski definition) is 5. The van der Waals surface area contributed by atoms with Crippen LogP contribution in [-0.2, 0) is 16.1 Å². The number of aliphatic hydroxyl groups excluding tert-OH is 1. The average molecular weight is 432 g/mol. The Morgan fingerprint density at radius 1 is 0.969 bits per heavy atom. The topological polar surface area (TPSA) is 101 Å². The van der Waals surface area contributed by atoms with Crippen molar-refractivity contribution in [3.8, 4) is 0 Å². The molecule has 1 unspecified atom stereocenters. The van der Waals surface area contributed by atoms with Crippen LogP contribution in [0, 0.1) is 15.9 Å². The molecule has 32 heavy (non-hydrogen) atoms. The minimum absolute atomic E-state index is 0.102. The van der Waals surface area contributed by atoms with Crippen molar-refractivity contribution in [1.82, 2.24) is 4.90 Å². The number of likely N-dealkylation sites (tertiary alicyclic amines) is 1. The maximum Gasteiger partial charge on any atom is 0.295 e. The largest absolute Gasteiger partial charge is 0.507 e. The molecule has 8 heteroatoms. The summed E-state index contributed by atoms with van der Waals surface area (Å²) >= 11 is 0. The van der Waals surface area contributed by atoms with Crippen molar-refractivity contribution in [1.29, 1.82) is 0 Å². The van der Waals surface area contributed by atoms with E-state index in [9.17, 15) is 29.2 Å². The third-order valence-corrected chi connectivity index (χ3v) is 5.27. The molecule has 0 aliphatic carbocycles. The maximum atomic E-state index is 13.5. The maximum absolute atomic E-state index is 13.5. The normalized spacial score (nSPS) is 17.5. The summed E-state index contributed by atoms with van der Waals surface area (Å²) in [6.07, 6.45) is 0. The first-order valence-corrected chi connectivity index (χ1v) is 9.69. The van der Waals surface area contributed by atoms with E-state index in [0.29, 0.717) is 5.56 Å². The predicted molar refractivity (Wildman–Crippen MR) is 114 cm³/mol. The lowest BCUT2D eigenvalue weighted by Crippen LogP contribution is -2.29. The highest BCUT2D eigenvalue weighted by molar-refractivity contribution is 6.46. The number of ketones is 1. The Labute approximate surface area is 182 Å². The lowest BCUT2D eigenvalue weighted by atomic mass is 9.95. The predicted octanol–water partition coefficient (Wildman–Crippen LogP) is 4.36. The second kappa shape index (κ2) is 8.43. The Kier molecular flexibility index (Phi) is 5.51. The lowest BCUT2D eigenvalue weighted by Gasteiger charge is -2.25. The SMILES string of the molecule is O=C1C(=O)N(Cc2ccccc2)C(c2ccc(F)cc2)/C1=C(/O)c1ccc([N+](=O)[O-])cc1. The summed E-state index contributed by atoms with van der Waals surface area (Å²) < 4.78 is 13.5. The molecule has 3 aromatic rings. The Hall–Kier alpha value is -4.33. The highest BCUT2D eigenvalue weighted by atomic mass is 19.1. The van der Waals surface area contributed by atoms with Crippen molar-refractivity contribution >= 4 is 23.1 Å². The number of carbonyl (C=O) groups excluding carboxylic acids is 2. The zero-order chi connectivity index (χ0) is 22.8. The van der Waals surface area contributed by atoms with Crippen LogP contribution in [0.25, 0.3) is 5.76 Å². The van der Waals surface area contributed by atoms with E-state index in [1.54, 1.807) is 24.3 Å². The van der Waals surface area contributed by atoms with E-state index in [1.807, 2.05) is 6.07 Å². The minimum atomic E-state index is -0.953. The lowest BCUT2D eigenvalue weighted by molar-refractivity contribution is -0.384. The number of hydrogen-bond donors (Lipinski definition) is 1. The monoisotopic (exact) mass is 432 g/mol. The first-order chi connectivity index (χ1) is 15.4. The molecule has 1 heterocycles. The van der Waals surface area contributed by atoms with Crippen molar-refractivity contribution in [2.24, 2.45) is 0 Å². The van der Waals surface area contributed by atoms with Crippen LogP contribution in [0.5, 0.6) is 0 Å². The average Bonchev–Trinajstić information content (AvgIpc) is 3.05. The summed E-state index contributed by atoms with van der Waals surface area (Å²) in [4.78, 5) is 37.5. The van der Waals surface area contributed by atoms with E-state index in [0.717, 1.165) is 5.56 Å². The molecule has 0 aromatic heterocycles. The molecule has 1 fully saturated rings. The third kappa shape index (κ3) is 3.85. The number of carbonyl (C=O) groups is 2. The number of nitro groups is 1. The zero-order valence-corrected chi connectivity index (χ0v) is 16.6. The van der Waals surface area contributed by atoms with Gasteiger partial charge in [0, 0.05) is 24.2 Å². The van der Waals surface area contributed by atoms with Gasteiger partial charge in [0.15, 0.2) is 0 Å². The number of non-ortho nitro benzene ring substituents is 1. The number of nitrogens with zero attached hydrogens (tertiary/aromatic N) is 2. The van der Waals surface area contributed by atoms with Crippen molar-refractivity contribution < 1.29 is 24.0 Å². The standard InChI is InChI=1S/C24H17FN2O5/c25-18-10-6-16(7-11-18)21-20(22(28)17-8-12-19(13-9-17)27(31)32)23(29)24(30)26(21)14-15-4-2-1-3-5-15/h1-13,21,28H,14H2/b22-20-. The Morgan fingerprint density at radius 3 is 2.19 bits per heavy atom. The summed E-state index contributed by atoms with van der Waals surface area (Å²) in [6.45, 7) is 0.102. The number of nitro benzene ring substituents is 1. The van der Waals surface area contributed by atoms with Gasteiger partial charge in [0.25, 0.3) is 17.4 Å². The summed E-state index contributed by atoms with van der Waals surface area (Å²) in [7, 11) is 0. The summed E-state index contributed by atoms with van der Waals surface area (Å²) in [5.41, 5.74) is 1.04. The quantitative estimate of drug-likeness (QED) is 0.212. The number of amides is 1. The van der Waals surface area contributed by atoms with Crippen LogP contribution in [0.3, 0.4) is 0 Å². The molecule has 4 rings (SSSR count). The van der Waals surface area contributed by atoms with Gasteiger partial charge in [-0.05, 0) is 35.4 Å². The fourth-order valence-corrected chi connectivity index (χ4v) is 3.71. The number of halogens is 1. The van der Waals surface area contributed by atoms with Crippen LogP contribution in [0.1, 0.15) is 22.7 Å². The molecule has 1 saturated heterocycles. The summed E-state index contributed by atoms with van der Waals surface area (Å²) in [5.74, 6) is -2.62. The molecule has 1 N–H and O–H groups in total. The van der Waals surface area contributed by atoms with E-state index in [4.69, 9.17) is 0 Å². The summed E-state index contributed by atoms with van der Waals surface area (Å²) in [6, 6.07) is 18.4. The van der Waals surface area contributed by atoms with E-state index in [2.05, 4.69) is 0 Å². The molecule has 3 aromatic carbocycles. The Bertz CT molecular complexity index is 1220. The van der Waals surface area contributed by atoms with Gasteiger partial charge >= 0.3 is 0 Å². The van der Waals surface area contributed by atoms with Gasteiger partial charge in [-0.15, -0.1) is 0 Å². The molecule has 1 aliphatic heterocycles. The molecule has 1 aliphatic rings. The number of rotatable bonds is 5. The van der Waals surface area contributed by atoms with Gasteiger partial charge in [0.05, 0.1) is 16.5 Å². The fraction of sp³-hybridized carbons (Fsp3) is 0.0833. The minimum Gasteiger partial charge on any atom is -0.507 e. The molecule has 7 nitrogen and oxygen atoms in total. The Morgan fingerprint density at radius 2 is 1.59 bits per heavy atom. The highest BCUT2D eigenvalue weighted by Crippen LogP contribution is 2.40. The molecular formula is C24H17FN2O5. The van der Waals surface area contributed by atoms with E-state index >= 15 is 0 Å². The van der Waals surface area contributed by atoms with Crippen LogP contribution in [0.15, 0.2) is 84.4 Å². The van der Waals surface area contributed by atoms with Crippen molar-refractivity contribution in [3.05, 3.63) is 117 Å². The van der Waals surface area contributed by atoms with Gasteiger partial charge in [0.2, 0.25) is 0 Å². The third-order valence-electron chi connectivity index (χ3n) is 5.27. The van der Waals surface area contributed by atoms with Gasteiger partial charge in [-0.3, -0.25) is 19.7 Å². The number of benzene rings is 3. The molecule has 0 bridgehead atoms.